The van der Waals surface area contributed by atoms with Crippen LogP contribution in [0.15, 0.2) is 140 Å². The molecule has 0 atom stereocenters. The van der Waals surface area contributed by atoms with Gasteiger partial charge in [-0.3, -0.25) is 0 Å². The lowest BCUT2D eigenvalue weighted by Gasteiger charge is -2.25. The summed E-state index contributed by atoms with van der Waals surface area (Å²) in [5.74, 6) is 0.0989. The molecule has 0 aromatic heterocycles. The molecule has 0 aliphatic heterocycles. The van der Waals surface area contributed by atoms with Crippen LogP contribution in [0.4, 0.5) is 0 Å². The van der Waals surface area contributed by atoms with Gasteiger partial charge in [0, 0.05) is 5.92 Å². The van der Waals surface area contributed by atoms with Crippen LogP contribution < -0.4 is 0 Å². The van der Waals surface area contributed by atoms with Crippen LogP contribution in [0.3, 0.4) is 0 Å². The summed E-state index contributed by atoms with van der Waals surface area (Å²) in [7, 11) is 0. The molecule has 0 fully saturated rings. The molecule has 0 unspecified atom stereocenters. The monoisotopic (exact) mass is 468 g/mol. The topological polar surface area (TPSA) is 0 Å². The van der Waals surface area contributed by atoms with Crippen molar-refractivity contribution >= 4 is 53.9 Å². The minimum absolute atomic E-state index is 0.0989. The Kier molecular flexibility index (Phi) is 4.39. The molecule has 0 saturated heterocycles. The van der Waals surface area contributed by atoms with E-state index in [4.69, 9.17) is 0 Å². The molecule has 0 saturated carbocycles. The zero-order valence-corrected chi connectivity index (χ0v) is 20.4. The molecular formula is C37H24. The van der Waals surface area contributed by atoms with Crippen molar-refractivity contribution in [3.63, 3.8) is 0 Å². The third-order valence-corrected chi connectivity index (χ3v) is 8.14. The summed E-state index contributed by atoms with van der Waals surface area (Å²) in [6.07, 6.45) is 0. The predicted molar refractivity (Wildman–Crippen MR) is 159 cm³/mol. The molecule has 172 valence electrons. The summed E-state index contributed by atoms with van der Waals surface area (Å²) in [6, 6.07) is 51.7. The van der Waals surface area contributed by atoms with Crippen molar-refractivity contribution in [3.8, 4) is 0 Å². The highest BCUT2D eigenvalue weighted by Gasteiger charge is 2.24. The molecule has 0 heterocycles. The largest absolute Gasteiger partial charge is 0.0616 e. The van der Waals surface area contributed by atoms with Crippen LogP contribution in [0.2, 0.25) is 0 Å². The zero-order valence-electron chi connectivity index (χ0n) is 20.4. The lowest BCUT2D eigenvalue weighted by atomic mass is 9.78. The molecule has 8 rings (SSSR count). The van der Waals surface area contributed by atoms with E-state index in [1.165, 1.54) is 70.6 Å². The molecule has 0 aliphatic carbocycles. The lowest BCUT2D eigenvalue weighted by Crippen LogP contribution is -2.06. The quantitative estimate of drug-likeness (QED) is 0.179. The van der Waals surface area contributed by atoms with E-state index in [1.807, 2.05) is 0 Å². The standard InChI is InChI=1S/C37H24/c1-3-14-29-24(8-1)10-6-16-31(29)37(32-17-7-11-25-9-2-4-15-30(25)32)34-23-21-28-19-18-26-12-5-13-27-20-22-33(34)36(28)35(26)27/h1-23,37H. The molecular weight excluding hydrogens is 444 g/mol. The molecule has 0 aliphatic rings. The second-order valence-corrected chi connectivity index (χ2v) is 10.1. The van der Waals surface area contributed by atoms with Crippen LogP contribution >= 0.6 is 0 Å². The van der Waals surface area contributed by atoms with Gasteiger partial charge in [-0.15, -0.1) is 0 Å². The smallest absolute Gasteiger partial charge is 0.0358 e. The fourth-order valence-electron chi connectivity index (χ4n) is 6.52. The van der Waals surface area contributed by atoms with Crippen molar-refractivity contribution in [2.75, 3.05) is 0 Å². The second-order valence-electron chi connectivity index (χ2n) is 10.1. The Labute approximate surface area is 215 Å². The first kappa shape index (κ1) is 20.5. The first-order chi connectivity index (χ1) is 18.4. The van der Waals surface area contributed by atoms with Gasteiger partial charge in [0.1, 0.15) is 0 Å². The SMILES string of the molecule is c1ccc2c(C(c3cccc4ccccc34)c3ccc4ccc5cccc6ccc3c4c56)cccc2c1. The molecule has 37 heavy (non-hydrogen) atoms. The van der Waals surface area contributed by atoms with E-state index < -0.39 is 0 Å². The third-order valence-electron chi connectivity index (χ3n) is 8.14. The van der Waals surface area contributed by atoms with Crippen LogP contribution in [0.25, 0.3) is 53.9 Å². The summed E-state index contributed by atoms with van der Waals surface area (Å²) in [5.41, 5.74) is 4.06. The van der Waals surface area contributed by atoms with Crippen molar-refractivity contribution in [1.29, 1.82) is 0 Å². The Balaban J connectivity index is 1.54. The van der Waals surface area contributed by atoms with Gasteiger partial charge >= 0.3 is 0 Å². The van der Waals surface area contributed by atoms with E-state index in [2.05, 4.69) is 140 Å². The number of benzene rings is 8. The van der Waals surface area contributed by atoms with Gasteiger partial charge in [-0.2, -0.15) is 0 Å². The van der Waals surface area contributed by atoms with E-state index in [0.717, 1.165) is 0 Å². The van der Waals surface area contributed by atoms with Crippen LogP contribution in [0.1, 0.15) is 22.6 Å². The van der Waals surface area contributed by atoms with Crippen LogP contribution in [-0.2, 0) is 0 Å². The predicted octanol–water partition coefficient (Wildman–Crippen LogP) is 10.1. The highest BCUT2D eigenvalue weighted by atomic mass is 14.3. The minimum Gasteiger partial charge on any atom is -0.0616 e. The first-order valence-electron chi connectivity index (χ1n) is 13.0. The number of hydrogen-bond donors (Lipinski definition) is 0. The Morgan fingerprint density at radius 1 is 0.270 bits per heavy atom. The van der Waals surface area contributed by atoms with E-state index in [1.54, 1.807) is 0 Å². The minimum atomic E-state index is 0.0989. The Morgan fingerprint density at radius 3 is 1.35 bits per heavy atom. The fraction of sp³-hybridized carbons (Fsp3) is 0.0270. The first-order valence-corrected chi connectivity index (χ1v) is 13.0. The molecule has 0 nitrogen and oxygen atoms in total. The maximum absolute atomic E-state index is 2.37. The van der Waals surface area contributed by atoms with Crippen LogP contribution in [0, 0.1) is 0 Å². The van der Waals surface area contributed by atoms with E-state index >= 15 is 0 Å². The lowest BCUT2D eigenvalue weighted by molar-refractivity contribution is 1.01. The summed E-state index contributed by atoms with van der Waals surface area (Å²) < 4.78 is 0. The molecule has 8 aromatic rings. The Morgan fingerprint density at radius 2 is 0.703 bits per heavy atom. The van der Waals surface area contributed by atoms with Gasteiger partial charge in [0.05, 0.1) is 0 Å². The molecule has 0 spiro atoms. The number of fused-ring (bicyclic) bond motifs is 2. The van der Waals surface area contributed by atoms with Gasteiger partial charge < -0.3 is 0 Å². The Hall–Kier alpha value is -4.68. The van der Waals surface area contributed by atoms with Crippen molar-refractivity contribution in [1.82, 2.24) is 0 Å². The average Bonchev–Trinajstić information content (AvgIpc) is 2.97. The van der Waals surface area contributed by atoms with Crippen LogP contribution in [-0.4, -0.2) is 0 Å². The molecule has 0 bridgehead atoms. The van der Waals surface area contributed by atoms with E-state index in [-0.39, 0.29) is 5.92 Å². The zero-order chi connectivity index (χ0) is 24.3. The second kappa shape index (κ2) is 7.91. The molecule has 0 N–H and O–H groups in total. The van der Waals surface area contributed by atoms with Gasteiger partial charge in [-0.25, -0.2) is 0 Å². The van der Waals surface area contributed by atoms with Crippen molar-refractivity contribution in [2.45, 2.75) is 5.92 Å². The van der Waals surface area contributed by atoms with E-state index in [0.29, 0.717) is 0 Å². The van der Waals surface area contributed by atoms with Crippen molar-refractivity contribution in [3.05, 3.63) is 156 Å². The summed E-state index contributed by atoms with van der Waals surface area (Å²) >= 11 is 0. The highest BCUT2D eigenvalue weighted by molar-refractivity contribution is 6.23. The van der Waals surface area contributed by atoms with E-state index in [9.17, 15) is 0 Å². The van der Waals surface area contributed by atoms with Crippen molar-refractivity contribution < 1.29 is 0 Å². The van der Waals surface area contributed by atoms with Gasteiger partial charge in [0.25, 0.3) is 0 Å². The molecule has 8 aromatic carbocycles. The number of hydrogen-bond acceptors (Lipinski definition) is 0. The Bertz CT molecular complexity index is 1990. The summed E-state index contributed by atoms with van der Waals surface area (Å²) in [4.78, 5) is 0. The summed E-state index contributed by atoms with van der Waals surface area (Å²) in [6.45, 7) is 0. The van der Waals surface area contributed by atoms with Gasteiger partial charge in [0.2, 0.25) is 0 Å². The maximum Gasteiger partial charge on any atom is 0.0358 e. The third kappa shape index (κ3) is 3.03. The molecule has 0 amide bonds. The fourth-order valence-corrected chi connectivity index (χ4v) is 6.52. The normalized spacial score (nSPS) is 12.0. The molecule has 0 radical (unpaired) electrons. The summed E-state index contributed by atoms with van der Waals surface area (Å²) in [5, 5.41) is 13.2. The van der Waals surface area contributed by atoms with Crippen molar-refractivity contribution in [2.24, 2.45) is 0 Å². The number of rotatable bonds is 3. The van der Waals surface area contributed by atoms with Gasteiger partial charge in [-0.1, -0.05) is 140 Å². The maximum atomic E-state index is 2.37. The highest BCUT2D eigenvalue weighted by Crippen LogP contribution is 2.44. The van der Waals surface area contributed by atoms with Crippen LogP contribution in [0.5, 0.6) is 0 Å². The average molecular weight is 469 g/mol. The molecule has 0 heteroatoms. The van der Waals surface area contributed by atoms with Gasteiger partial charge in [-0.05, 0) is 70.6 Å². The van der Waals surface area contributed by atoms with Gasteiger partial charge in [0.15, 0.2) is 0 Å².